The second-order valence-corrected chi connectivity index (χ2v) is 9.90. The summed E-state index contributed by atoms with van der Waals surface area (Å²) in [6.07, 6.45) is 7.65. The molecule has 0 unspecified atom stereocenters. The monoisotopic (exact) mass is 537 g/mol. The van der Waals surface area contributed by atoms with Gasteiger partial charge in [-0.2, -0.15) is 4.98 Å². The molecule has 1 saturated heterocycles. The number of hydrogen-bond donors (Lipinski definition) is 2. The van der Waals surface area contributed by atoms with Gasteiger partial charge >= 0.3 is 0 Å². The Hall–Kier alpha value is -3.40. The number of benzene rings is 1. The van der Waals surface area contributed by atoms with Gasteiger partial charge in [-0.25, -0.2) is 9.97 Å². The highest BCUT2D eigenvalue weighted by atomic mass is 32.1. The number of fused-ring (bicyclic) bond motifs is 1. The van der Waals surface area contributed by atoms with Crippen LogP contribution >= 0.6 is 12.2 Å². The topological polar surface area (TPSA) is 102 Å². The number of hydrogen-bond acceptors (Lipinski definition) is 8. The molecule has 204 valence electrons. The maximum Gasteiger partial charge on any atom is 0.222 e. The number of thiocarbonyl (C=S) groups is 1. The number of nitrogen functional groups attached to an aromatic ring is 1. The number of methoxy groups -OCH3 is 2. The number of ether oxygens (including phenoxy) is 2. The molecular formula is C28H39N7O2S. The van der Waals surface area contributed by atoms with E-state index in [0.29, 0.717) is 11.5 Å². The Labute approximate surface area is 230 Å². The van der Waals surface area contributed by atoms with Crippen LogP contribution in [0.15, 0.2) is 30.3 Å². The first-order valence-corrected chi connectivity index (χ1v) is 13.9. The maximum atomic E-state index is 6.08. The van der Waals surface area contributed by atoms with Crippen molar-refractivity contribution >= 4 is 40.1 Å². The van der Waals surface area contributed by atoms with Crippen LogP contribution in [-0.2, 0) is 0 Å². The van der Waals surface area contributed by atoms with Crippen LogP contribution in [0, 0.1) is 0 Å². The molecule has 0 saturated carbocycles. The minimum Gasteiger partial charge on any atom is -0.493 e. The average Bonchev–Trinajstić information content (AvgIpc) is 2.95. The van der Waals surface area contributed by atoms with E-state index in [-0.39, 0.29) is 5.95 Å². The lowest BCUT2D eigenvalue weighted by atomic mass is 10.1. The second-order valence-electron chi connectivity index (χ2n) is 9.51. The minimum atomic E-state index is 0.242. The molecule has 1 aromatic carbocycles. The second kappa shape index (κ2) is 13.4. The molecule has 3 aromatic rings. The summed E-state index contributed by atoms with van der Waals surface area (Å²) in [4.78, 5) is 18.4. The fraction of sp³-hybridized carbons (Fsp3) is 0.500. The number of piperazine rings is 1. The van der Waals surface area contributed by atoms with E-state index >= 15 is 0 Å². The van der Waals surface area contributed by atoms with Crippen molar-refractivity contribution < 1.29 is 9.47 Å². The van der Waals surface area contributed by atoms with Gasteiger partial charge in [0.1, 0.15) is 5.52 Å². The van der Waals surface area contributed by atoms with E-state index in [9.17, 15) is 0 Å². The fourth-order valence-corrected chi connectivity index (χ4v) is 5.01. The SMILES string of the molecule is CCCCCCCCNC(=S)N1CCN(c2nc(N)nc3ccc(-c4ccc(OC)c(OC)c4)nc23)CC1. The van der Waals surface area contributed by atoms with Crippen LogP contribution in [0.2, 0.25) is 0 Å². The summed E-state index contributed by atoms with van der Waals surface area (Å²) in [6.45, 7) is 6.34. The lowest BCUT2D eigenvalue weighted by Crippen LogP contribution is -2.52. The van der Waals surface area contributed by atoms with Gasteiger partial charge in [-0.15, -0.1) is 0 Å². The van der Waals surface area contributed by atoms with E-state index in [1.54, 1.807) is 14.2 Å². The van der Waals surface area contributed by atoms with Gasteiger partial charge < -0.3 is 30.3 Å². The number of unbranched alkanes of at least 4 members (excludes halogenated alkanes) is 5. The van der Waals surface area contributed by atoms with Gasteiger partial charge in [0, 0.05) is 38.3 Å². The van der Waals surface area contributed by atoms with Gasteiger partial charge in [0.15, 0.2) is 22.4 Å². The largest absolute Gasteiger partial charge is 0.493 e. The third-order valence-corrected chi connectivity index (χ3v) is 7.30. The summed E-state index contributed by atoms with van der Waals surface area (Å²) < 4.78 is 10.9. The van der Waals surface area contributed by atoms with Crippen molar-refractivity contribution in [3.63, 3.8) is 0 Å². The fourth-order valence-electron chi connectivity index (χ4n) is 4.73. The molecule has 1 fully saturated rings. The molecule has 1 aliphatic heterocycles. The number of rotatable bonds is 11. The van der Waals surface area contributed by atoms with Crippen LogP contribution in [0.3, 0.4) is 0 Å². The first kappa shape index (κ1) is 27.6. The number of nitrogens with two attached hydrogens (primary N) is 1. The molecule has 0 atom stereocenters. The van der Waals surface area contributed by atoms with E-state index in [0.717, 1.165) is 72.4 Å². The van der Waals surface area contributed by atoms with Crippen LogP contribution in [0.4, 0.5) is 11.8 Å². The molecule has 38 heavy (non-hydrogen) atoms. The summed E-state index contributed by atoms with van der Waals surface area (Å²) in [5.41, 5.74) is 9.24. The van der Waals surface area contributed by atoms with Crippen LogP contribution in [-0.4, -0.2) is 71.9 Å². The van der Waals surface area contributed by atoms with Crippen LogP contribution in [0.5, 0.6) is 11.5 Å². The molecule has 0 radical (unpaired) electrons. The number of aromatic nitrogens is 3. The molecule has 3 heterocycles. The highest BCUT2D eigenvalue weighted by molar-refractivity contribution is 7.80. The number of nitrogens with zero attached hydrogens (tertiary/aromatic N) is 5. The predicted molar refractivity (Wildman–Crippen MR) is 158 cm³/mol. The van der Waals surface area contributed by atoms with E-state index in [1.807, 2.05) is 30.3 Å². The molecule has 0 aliphatic carbocycles. The summed E-state index contributed by atoms with van der Waals surface area (Å²) >= 11 is 5.68. The Bertz CT molecular complexity index is 1230. The first-order valence-electron chi connectivity index (χ1n) is 13.5. The molecule has 3 N–H and O–H groups in total. The van der Waals surface area contributed by atoms with E-state index in [4.69, 9.17) is 32.4 Å². The maximum absolute atomic E-state index is 6.08. The molecule has 1 aliphatic rings. The average molecular weight is 538 g/mol. The Morgan fingerprint density at radius 1 is 0.921 bits per heavy atom. The van der Waals surface area contributed by atoms with Gasteiger partial charge in [0.05, 0.1) is 25.4 Å². The molecule has 0 spiro atoms. The highest BCUT2D eigenvalue weighted by Gasteiger charge is 2.23. The third kappa shape index (κ3) is 6.72. The Balaban J connectivity index is 1.43. The zero-order valence-electron chi connectivity index (χ0n) is 22.7. The molecule has 4 rings (SSSR count). The smallest absolute Gasteiger partial charge is 0.222 e. The third-order valence-electron chi connectivity index (χ3n) is 6.89. The number of anilines is 2. The van der Waals surface area contributed by atoms with Gasteiger partial charge in [-0.05, 0) is 49.0 Å². The highest BCUT2D eigenvalue weighted by Crippen LogP contribution is 2.33. The first-order chi connectivity index (χ1) is 18.5. The molecular weight excluding hydrogens is 498 g/mol. The van der Waals surface area contributed by atoms with Gasteiger partial charge in [0.2, 0.25) is 5.95 Å². The van der Waals surface area contributed by atoms with Crippen LogP contribution in [0.25, 0.3) is 22.3 Å². The summed E-state index contributed by atoms with van der Waals surface area (Å²) in [5, 5.41) is 4.27. The zero-order valence-corrected chi connectivity index (χ0v) is 23.5. The van der Waals surface area contributed by atoms with Crippen LogP contribution < -0.4 is 25.4 Å². The standard InChI is InChI=1S/C28H39N7O2S/c1-4-5-6-7-8-9-14-30-28(38)35-17-15-34(16-18-35)26-25-22(32-27(29)33-26)12-11-21(31-25)20-10-13-23(36-2)24(19-20)37-3/h10-13,19H,4-9,14-18H2,1-3H3,(H,30,38)(H2,29,32,33). The Morgan fingerprint density at radius 3 is 2.39 bits per heavy atom. The number of nitrogens with one attached hydrogen (secondary N) is 1. The van der Waals surface area contributed by atoms with Crippen molar-refractivity contribution in [2.24, 2.45) is 0 Å². The molecule has 0 amide bonds. The Kier molecular flexibility index (Phi) is 9.75. The summed E-state index contributed by atoms with van der Waals surface area (Å²) in [5.74, 6) is 2.32. The number of pyridine rings is 1. The minimum absolute atomic E-state index is 0.242. The van der Waals surface area contributed by atoms with Gasteiger partial charge in [-0.3, -0.25) is 0 Å². The van der Waals surface area contributed by atoms with Crippen molar-refractivity contribution in [2.45, 2.75) is 45.4 Å². The molecule has 2 aromatic heterocycles. The van der Waals surface area contributed by atoms with Crippen molar-refractivity contribution in [1.29, 1.82) is 0 Å². The predicted octanol–water partition coefficient (Wildman–Crippen LogP) is 4.65. The molecule has 10 heteroatoms. The van der Waals surface area contributed by atoms with Crippen molar-refractivity contribution in [3.05, 3.63) is 30.3 Å². The lowest BCUT2D eigenvalue weighted by Gasteiger charge is -2.37. The van der Waals surface area contributed by atoms with Crippen molar-refractivity contribution in [2.75, 3.05) is 57.6 Å². The quantitative estimate of drug-likeness (QED) is 0.265. The zero-order chi connectivity index (χ0) is 26.9. The molecule has 9 nitrogen and oxygen atoms in total. The normalized spacial score (nSPS) is 13.6. The van der Waals surface area contributed by atoms with Gasteiger partial charge in [-0.1, -0.05) is 39.0 Å². The van der Waals surface area contributed by atoms with E-state index in [1.165, 1.54) is 32.1 Å². The van der Waals surface area contributed by atoms with Crippen LogP contribution in [0.1, 0.15) is 45.4 Å². The van der Waals surface area contributed by atoms with Crippen molar-refractivity contribution in [1.82, 2.24) is 25.2 Å². The van der Waals surface area contributed by atoms with Gasteiger partial charge in [0.25, 0.3) is 0 Å². The van der Waals surface area contributed by atoms with E-state index < -0.39 is 0 Å². The Morgan fingerprint density at radius 2 is 1.66 bits per heavy atom. The summed E-state index contributed by atoms with van der Waals surface area (Å²) in [7, 11) is 3.25. The molecule has 0 bridgehead atoms. The van der Waals surface area contributed by atoms with E-state index in [2.05, 4.69) is 32.0 Å². The van der Waals surface area contributed by atoms with Crippen molar-refractivity contribution in [3.8, 4) is 22.8 Å². The lowest BCUT2D eigenvalue weighted by molar-refractivity contribution is 0.355. The summed E-state index contributed by atoms with van der Waals surface area (Å²) in [6, 6.07) is 9.64.